The van der Waals surface area contributed by atoms with Crippen molar-refractivity contribution in [1.29, 1.82) is 0 Å². The van der Waals surface area contributed by atoms with Gasteiger partial charge in [0.15, 0.2) is 0 Å². The van der Waals surface area contributed by atoms with Crippen molar-refractivity contribution in [3.8, 4) is 0 Å². The molecule has 162 valence electrons. The fraction of sp³-hybridized carbons (Fsp3) is 0.458. The standard InChI is InChI=1S/C24H29N5O2/c1-16-6-5-9-29-19(13-26-24(16)29)12-23(30)28-14-17-10-20(21(31-2)11-18(17)15-28)27-22-7-3-4-8-25-22/h3-9,13,17-18,20-21H,10-12,14-15H2,1-2H3,(H,25,27)/t17-,18+,20-,21-/m1/s1. The van der Waals surface area contributed by atoms with Crippen LogP contribution in [0.3, 0.4) is 0 Å². The minimum atomic E-state index is 0.125. The largest absolute Gasteiger partial charge is 0.379 e. The Bertz CT molecular complexity index is 1070. The Labute approximate surface area is 182 Å². The molecule has 3 aromatic heterocycles. The molecule has 1 saturated heterocycles. The Balaban J connectivity index is 1.26. The van der Waals surface area contributed by atoms with Crippen molar-refractivity contribution < 1.29 is 9.53 Å². The maximum atomic E-state index is 13.1. The third-order valence-electron chi connectivity index (χ3n) is 6.91. The van der Waals surface area contributed by atoms with Gasteiger partial charge in [0.2, 0.25) is 5.91 Å². The second-order valence-corrected chi connectivity index (χ2v) is 8.84. The lowest BCUT2D eigenvalue weighted by molar-refractivity contribution is -0.129. The lowest BCUT2D eigenvalue weighted by Crippen LogP contribution is -2.44. The predicted molar refractivity (Wildman–Crippen MR) is 119 cm³/mol. The van der Waals surface area contributed by atoms with Crippen LogP contribution in [0.25, 0.3) is 5.65 Å². The third-order valence-corrected chi connectivity index (χ3v) is 6.91. The van der Waals surface area contributed by atoms with Gasteiger partial charge >= 0.3 is 0 Å². The average molecular weight is 420 g/mol. The number of hydrogen-bond acceptors (Lipinski definition) is 5. The normalized spacial score (nSPS) is 25.5. The molecule has 0 spiro atoms. The summed E-state index contributed by atoms with van der Waals surface area (Å²) in [5.74, 6) is 2.03. The minimum Gasteiger partial charge on any atom is -0.379 e. The highest BCUT2D eigenvalue weighted by atomic mass is 16.5. The Kier molecular flexibility index (Phi) is 5.36. The van der Waals surface area contributed by atoms with Crippen LogP contribution in [0.15, 0.2) is 48.9 Å². The first kappa shape index (κ1) is 20.0. The van der Waals surface area contributed by atoms with Crippen molar-refractivity contribution >= 4 is 17.4 Å². The van der Waals surface area contributed by atoms with Gasteiger partial charge in [-0.1, -0.05) is 12.1 Å². The second-order valence-electron chi connectivity index (χ2n) is 8.84. The summed E-state index contributed by atoms with van der Waals surface area (Å²) in [5.41, 5.74) is 2.99. The zero-order valence-electron chi connectivity index (χ0n) is 18.1. The molecular weight excluding hydrogens is 390 g/mol. The number of amides is 1. The van der Waals surface area contributed by atoms with Crippen LogP contribution < -0.4 is 5.32 Å². The molecule has 0 bridgehead atoms. The van der Waals surface area contributed by atoms with E-state index < -0.39 is 0 Å². The minimum absolute atomic E-state index is 0.125. The van der Waals surface area contributed by atoms with E-state index in [1.165, 1.54) is 0 Å². The molecule has 3 aromatic rings. The number of nitrogens with one attached hydrogen (secondary N) is 1. The Hall–Kier alpha value is -2.93. The van der Waals surface area contributed by atoms with E-state index in [2.05, 4.69) is 15.3 Å². The van der Waals surface area contributed by atoms with Crippen molar-refractivity contribution in [2.45, 2.75) is 38.3 Å². The van der Waals surface area contributed by atoms with E-state index in [0.29, 0.717) is 18.3 Å². The number of methoxy groups -OCH3 is 1. The van der Waals surface area contributed by atoms with Gasteiger partial charge in [0.1, 0.15) is 11.5 Å². The van der Waals surface area contributed by atoms with Crippen LogP contribution in [0.5, 0.6) is 0 Å². The monoisotopic (exact) mass is 419 g/mol. The number of aromatic nitrogens is 3. The molecule has 2 aliphatic rings. The molecule has 5 rings (SSSR count). The molecule has 1 aliphatic heterocycles. The molecule has 4 heterocycles. The average Bonchev–Trinajstić information content (AvgIpc) is 3.39. The number of anilines is 1. The van der Waals surface area contributed by atoms with E-state index in [9.17, 15) is 4.79 Å². The topological polar surface area (TPSA) is 71.8 Å². The molecule has 0 unspecified atom stereocenters. The summed E-state index contributed by atoms with van der Waals surface area (Å²) in [4.78, 5) is 24.1. The van der Waals surface area contributed by atoms with E-state index in [4.69, 9.17) is 4.74 Å². The number of ether oxygens (including phenoxy) is 1. The molecule has 1 aliphatic carbocycles. The maximum Gasteiger partial charge on any atom is 0.228 e. The van der Waals surface area contributed by atoms with Crippen LogP contribution in [0.2, 0.25) is 0 Å². The van der Waals surface area contributed by atoms with Crippen molar-refractivity contribution in [2.24, 2.45) is 11.8 Å². The van der Waals surface area contributed by atoms with E-state index in [1.54, 1.807) is 13.3 Å². The second kappa shape index (κ2) is 8.30. The summed E-state index contributed by atoms with van der Waals surface area (Å²) >= 11 is 0. The SMILES string of the molecule is CO[C@@H]1C[C@H]2CN(C(=O)Cc3cnc4c(C)cccn34)C[C@H]2C[C@H]1Nc1ccccn1. The van der Waals surface area contributed by atoms with E-state index >= 15 is 0 Å². The molecule has 2 fully saturated rings. The molecule has 7 nitrogen and oxygen atoms in total. The third kappa shape index (κ3) is 3.90. The molecule has 7 heteroatoms. The van der Waals surface area contributed by atoms with Crippen molar-refractivity contribution in [2.75, 3.05) is 25.5 Å². The lowest BCUT2D eigenvalue weighted by atomic mass is 9.77. The summed E-state index contributed by atoms with van der Waals surface area (Å²) < 4.78 is 7.85. The van der Waals surface area contributed by atoms with Gasteiger partial charge in [0, 0.05) is 38.8 Å². The number of nitrogens with zero attached hydrogens (tertiary/aromatic N) is 4. The van der Waals surface area contributed by atoms with Gasteiger partial charge in [-0.3, -0.25) is 4.79 Å². The van der Waals surface area contributed by atoms with Crippen LogP contribution in [0, 0.1) is 18.8 Å². The summed E-state index contributed by atoms with van der Waals surface area (Å²) in [5, 5.41) is 3.55. The quantitative estimate of drug-likeness (QED) is 0.689. The van der Waals surface area contributed by atoms with Crippen molar-refractivity contribution in [3.05, 3.63) is 60.2 Å². The van der Waals surface area contributed by atoms with Crippen LogP contribution in [-0.2, 0) is 16.0 Å². The number of imidazole rings is 1. The van der Waals surface area contributed by atoms with E-state index in [0.717, 1.165) is 48.7 Å². The molecule has 0 radical (unpaired) electrons. The molecule has 4 atom stereocenters. The summed E-state index contributed by atoms with van der Waals surface area (Å²) in [6.45, 7) is 3.67. The highest BCUT2D eigenvalue weighted by Gasteiger charge is 2.43. The molecule has 31 heavy (non-hydrogen) atoms. The van der Waals surface area contributed by atoms with Crippen LogP contribution in [0.1, 0.15) is 24.1 Å². The van der Waals surface area contributed by atoms with Crippen LogP contribution >= 0.6 is 0 Å². The Morgan fingerprint density at radius 3 is 2.77 bits per heavy atom. The number of hydrogen-bond donors (Lipinski definition) is 1. The first-order chi connectivity index (χ1) is 15.1. The number of pyridine rings is 2. The number of aryl methyl sites for hydroxylation is 1. The summed E-state index contributed by atoms with van der Waals surface area (Å²) in [6, 6.07) is 10.1. The van der Waals surface area contributed by atoms with Crippen LogP contribution in [-0.4, -0.2) is 57.5 Å². The zero-order chi connectivity index (χ0) is 21.4. The Morgan fingerprint density at radius 1 is 1.16 bits per heavy atom. The molecule has 1 saturated carbocycles. The number of likely N-dealkylation sites (tertiary alicyclic amines) is 1. The molecule has 1 amide bonds. The van der Waals surface area contributed by atoms with E-state index in [1.807, 2.05) is 58.9 Å². The molecule has 1 N–H and O–H groups in total. The summed E-state index contributed by atoms with van der Waals surface area (Å²) in [6.07, 6.45) is 8.07. The predicted octanol–water partition coefficient (Wildman–Crippen LogP) is 2.94. The number of carbonyl (C=O) groups excluding carboxylic acids is 1. The number of carbonyl (C=O) groups is 1. The molecular formula is C24H29N5O2. The lowest BCUT2D eigenvalue weighted by Gasteiger charge is -2.37. The number of rotatable bonds is 5. The van der Waals surface area contributed by atoms with Gasteiger partial charge in [-0.2, -0.15) is 0 Å². The van der Waals surface area contributed by atoms with Gasteiger partial charge in [-0.25, -0.2) is 9.97 Å². The van der Waals surface area contributed by atoms with Gasteiger partial charge < -0.3 is 19.4 Å². The number of fused-ring (bicyclic) bond motifs is 2. The maximum absolute atomic E-state index is 13.1. The van der Waals surface area contributed by atoms with Crippen LogP contribution in [0.4, 0.5) is 5.82 Å². The van der Waals surface area contributed by atoms with Gasteiger partial charge in [-0.15, -0.1) is 0 Å². The van der Waals surface area contributed by atoms with E-state index in [-0.39, 0.29) is 18.1 Å². The van der Waals surface area contributed by atoms with Gasteiger partial charge in [0.05, 0.1) is 24.3 Å². The smallest absolute Gasteiger partial charge is 0.228 e. The van der Waals surface area contributed by atoms with Gasteiger partial charge in [0.25, 0.3) is 0 Å². The molecule has 0 aromatic carbocycles. The fourth-order valence-electron chi connectivity index (χ4n) is 5.27. The summed E-state index contributed by atoms with van der Waals surface area (Å²) in [7, 11) is 1.78. The van der Waals surface area contributed by atoms with Crippen molar-refractivity contribution in [1.82, 2.24) is 19.3 Å². The first-order valence-electron chi connectivity index (χ1n) is 11.0. The highest BCUT2D eigenvalue weighted by molar-refractivity contribution is 5.79. The first-order valence-corrected chi connectivity index (χ1v) is 11.0. The Morgan fingerprint density at radius 2 is 2.00 bits per heavy atom. The van der Waals surface area contributed by atoms with Crippen molar-refractivity contribution in [3.63, 3.8) is 0 Å². The zero-order valence-corrected chi connectivity index (χ0v) is 18.1. The van der Waals surface area contributed by atoms with Gasteiger partial charge in [-0.05, 0) is 55.4 Å². The fourth-order valence-corrected chi connectivity index (χ4v) is 5.27. The highest BCUT2D eigenvalue weighted by Crippen LogP contribution is 2.38.